The Labute approximate surface area is 150 Å². The van der Waals surface area contributed by atoms with Crippen molar-refractivity contribution in [3.63, 3.8) is 0 Å². The zero-order chi connectivity index (χ0) is 17.5. The van der Waals surface area contributed by atoms with Gasteiger partial charge in [0.2, 0.25) is 5.91 Å². The number of carbonyl (C=O) groups is 2. The summed E-state index contributed by atoms with van der Waals surface area (Å²) in [5.74, 6) is -0.197. The summed E-state index contributed by atoms with van der Waals surface area (Å²) in [6, 6.07) is 8.92. The second kappa shape index (κ2) is 8.67. The maximum atomic E-state index is 11.9. The second-order valence-electron chi connectivity index (χ2n) is 4.51. The fraction of sp³-hybridized carbons (Fsp3) is 0.143. The molecule has 2 amide bonds. The molecule has 0 saturated carbocycles. The first-order valence-corrected chi connectivity index (χ1v) is 8.96. The molecule has 0 radical (unpaired) electrons. The first kappa shape index (κ1) is 18.2. The van der Waals surface area contributed by atoms with Crippen LogP contribution in [-0.4, -0.2) is 22.5 Å². The van der Waals surface area contributed by atoms with Gasteiger partial charge in [0.1, 0.15) is 0 Å². The SMILES string of the molecule is O=C(CSCc1ccc(Cl)s1)NNC(=O)c1cccc([N+](=O)[O-])c1. The molecule has 7 nitrogen and oxygen atoms in total. The average Bonchev–Trinajstić information content (AvgIpc) is 2.98. The third kappa shape index (κ3) is 5.52. The van der Waals surface area contributed by atoms with E-state index in [-0.39, 0.29) is 22.9 Å². The van der Waals surface area contributed by atoms with Crippen molar-refractivity contribution < 1.29 is 14.5 Å². The van der Waals surface area contributed by atoms with Crippen LogP contribution >= 0.6 is 34.7 Å². The van der Waals surface area contributed by atoms with Crippen molar-refractivity contribution in [1.29, 1.82) is 0 Å². The van der Waals surface area contributed by atoms with Gasteiger partial charge in [-0.15, -0.1) is 23.1 Å². The molecule has 2 aromatic rings. The van der Waals surface area contributed by atoms with Crippen LogP contribution in [0.1, 0.15) is 15.2 Å². The molecule has 1 heterocycles. The summed E-state index contributed by atoms with van der Waals surface area (Å²) in [7, 11) is 0. The molecule has 0 spiro atoms. The molecule has 0 aliphatic carbocycles. The van der Waals surface area contributed by atoms with Crippen molar-refractivity contribution in [3.05, 3.63) is 61.3 Å². The molecule has 1 aromatic heterocycles. The predicted molar refractivity (Wildman–Crippen MR) is 94.2 cm³/mol. The Kier molecular flexibility index (Phi) is 6.59. The van der Waals surface area contributed by atoms with Crippen LogP contribution in [-0.2, 0) is 10.5 Å². The van der Waals surface area contributed by atoms with E-state index in [1.165, 1.54) is 41.3 Å². The summed E-state index contributed by atoms with van der Waals surface area (Å²) >= 11 is 8.64. The molecular weight excluding hydrogens is 374 g/mol. The van der Waals surface area contributed by atoms with Crippen molar-refractivity contribution >= 4 is 52.2 Å². The standard InChI is InChI=1S/C14H12ClN3O4S2/c15-12-5-4-11(24-12)7-23-8-13(19)16-17-14(20)9-2-1-3-10(6-9)18(21)22/h1-6H,7-8H2,(H,16,19)(H,17,20). The molecule has 2 rings (SSSR count). The van der Waals surface area contributed by atoms with E-state index in [2.05, 4.69) is 10.9 Å². The molecular formula is C14H12ClN3O4S2. The number of amides is 2. The number of non-ortho nitro benzene ring substituents is 1. The molecule has 10 heteroatoms. The highest BCUT2D eigenvalue weighted by Crippen LogP contribution is 2.24. The highest BCUT2D eigenvalue weighted by atomic mass is 35.5. The Balaban J connectivity index is 1.75. The van der Waals surface area contributed by atoms with E-state index < -0.39 is 10.8 Å². The molecule has 0 aliphatic rings. The lowest BCUT2D eigenvalue weighted by Gasteiger charge is -2.07. The fourth-order valence-corrected chi connectivity index (χ4v) is 3.69. The van der Waals surface area contributed by atoms with E-state index in [9.17, 15) is 19.7 Å². The largest absolute Gasteiger partial charge is 0.272 e. The maximum Gasteiger partial charge on any atom is 0.270 e. The summed E-state index contributed by atoms with van der Waals surface area (Å²) in [4.78, 5) is 34.7. The number of carbonyl (C=O) groups excluding carboxylic acids is 2. The highest BCUT2D eigenvalue weighted by Gasteiger charge is 2.12. The normalized spacial score (nSPS) is 10.2. The fourth-order valence-electron chi connectivity index (χ4n) is 1.67. The van der Waals surface area contributed by atoms with E-state index >= 15 is 0 Å². The Bertz CT molecular complexity index is 766. The summed E-state index contributed by atoms with van der Waals surface area (Å²) < 4.78 is 0.694. The average molecular weight is 386 g/mol. The van der Waals surface area contributed by atoms with Gasteiger partial charge in [-0.3, -0.25) is 30.6 Å². The Morgan fingerprint density at radius 2 is 2.04 bits per heavy atom. The Morgan fingerprint density at radius 3 is 2.71 bits per heavy atom. The Hall–Kier alpha value is -2.10. The first-order chi connectivity index (χ1) is 11.5. The molecule has 0 saturated heterocycles. The maximum absolute atomic E-state index is 11.9. The summed E-state index contributed by atoms with van der Waals surface area (Å²) in [5.41, 5.74) is 4.39. The van der Waals surface area contributed by atoms with Crippen LogP contribution in [0, 0.1) is 10.1 Å². The van der Waals surface area contributed by atoms with Gasteiger partial charge in [-0.25, -0.2) is 0 Å². The molecule has 126 valence electrons. The molecule has 0 bridgehead atoms. The van der Waals surface area contributed by atoms with Gasteiger partial charge in [-0.05, 0) is 18.2 Å². The monoisotopic (exact) mass is 385 g/mol. The van der Waals surface area contributed by atoms with E-state index in [1.807, 2.05) is 6.07 Å². The van der Waals surface area contributed by atoms with Crippen molar-refractivity contribution in [2.75, 3.05) is 5.75 Å². The number of hydrogen-bond acceptors (Lipinski definition) is 6. The third-order valence-electron chi connectivity index (χ3n) is 2.74. The molecule has 0 aliphatic heterocycles. The first-order valence-electron chi connectivity index (χ1n) is 6.61. The van der Waals surface area contributed by atoms with E-state index in [1.54, 1.807) is 6.07 Å². The van der Waals surface area contributed by atoms with Crippen LogP contribution in [0.3, 0.4) is 0 Å². The minimum absolute atomic E-state index is 0.0883. The lowest BCUT2D eigenvalue weighted by atomic mass is 10.2. The minimum Gasteiger partial charge on any atom is -0.272 e. The molecule has 0 fully saturated rings. The summed E-state index contributed by atoms with van der Waals surface area (Å²) in [6.07, 6.45) is 0. The lowest BCUT2D eigenvalue weighted by molar-refractivity contribution is -0.384. The van der Waals surface area contributed by atoms with Crippen LogP contribution < -0.4 is 10.9 Å². The predicted octanol–water partition coefficient (Wildman–Crippen LogP) is 3.00. The van der Waals surface area contributed by atoms with Crippen molar-refractivity contribution in [1.82, 2.24) is 10.9 Å². The van der Waals surface area contributed by atoms with E-state index in [4.69, 9.17) is 11.6 Å². The van der Waals surface area contributed by atoms with E-state index in [0.29, 0.717) is 10.1 Å². The second-order valence-corrected chi connectivity index (χ2v) is 7.29. The van der Waals surface area contributed by atoms with Gasteiger partial charge in [0.05, 0.1) is 15.0 Å². The molecule has 1 aromatic carbocycles. The molecule has 2 N–H and O–H groups in total. The molecule has 0 unspecified atom stereocenters. The van der Waals surface area contributed by atoms with Crippen LogP contribution in [0.25, 0.3) is 0 Å². The number of halogens is 1. The van der Waals surface area contributed by atoms with Gasteiger partial charge in [0.15, 0.2) is 0 Å². The van der Waals surface area contributed by atoms with Crippen LogP contribution in [0.2, 0.25) is 4.34 Å². The van der Waals surface area contributed by atoms with Gasteiger partial charge >= 0.3 is 0 Å². The van der Waals surface area contributed by atoms with Crippen molar-refractivity contribution in [3.8, 4) is 0 Å². The van der Waals surface area contributed by atoms with Gasteiger partial charge < -0.3 is 0 Å². The van der Waals surface area contributed by atoms with Gasteiger partial charge in [0.25, 0.3) is 11.6 Å². The van der Waals surface area contributed by atoms with Crippen LogP contribution in [0.4, 0.5) is 5.69 Å². The third-order valence-corrected chi connectivity index (χ3v) is 5.14. The zero-order valence-electron chi connectivity index (χ0n) is 12.2. The number of hydrazine groups is 1. The van der Waals surface area contributed by atoms with Crippen LogP contribution in [0.5, 0.6) is 0 Å². The quantitative estimate of drug-likeness (QED) is 0.588. The topological polar surface area (TPSA) is 101 Å². The number of hydrogen-bond donors (Lipinski definition) is 2. The molecule has 0 atom stereocenters. The van der Waals surface area contributed by atoms with Crippen LogP contribution in [0.15, 0.2) is 36.4 Å². The lowest BCUT2D eigenvalue weighted by Crippen LogP contribution is -2.42. The minimum atomic E-state index is -0.623. The van der Waals surface area contributed by atoms with Gasteiger partial charge in [-0.1, -0.05) is 17.7 Å². The summed E-state index contributed by atoms with van der Waals surface area (Å²) in [6.45, 7) is 0. The zero-order valence-corrected chi connectivity index (χ0v) is 14.5. The number of benzene rings is 1. The Morgan fingerprint density at radius 1 is 1.25 bits per heavy atom. The van der Waals surface area contributed by atoms with Crippen molar-refractivity contribution in [2.45, 2.75) is 5.75 Å². The van der Waals surface area contributed by atoms with Gasteiger partial charge in [-0.2, -0.15) is 0 Å². The smallest absolute Gasteiger partial charge is 0.270 e. The highest BCUT2D eigenvalue weighted by molar-refractivity contribution is 7.99. The number of thioether (sulfide) groups is 1. The molecule has 24 heavy (non-hydrogen) atoms. The number of nitro benzene ring substituents is 1. The number of thiophene rings is 1. The number of rotatable bonds is 6. The van der Waals surface area contributed by atoms with Crippen molar-refractivity contribution in [2.24, 2.45) is 0 Å². The van der Waals surface area contributed by atoms with Gasteiger partial charge in [0, 0.05) is 28.3 Å². The number of nitrogens with zero attached hydrogens (tertiary/aromatic N) is 1. The van der Waals surface area contributed by atoms with E-state index in [0.717, 1.165) is 10.9 Å². The number of nitrogens with one attached hydrogen (secondary N) is 2. The summed E-state index contributed by atoms with van der Waals surface area (Å²) in [5, 5.41) is 10.7. The number of nitro groups is 1.